The molecular weight excluding hydrogens is 346 g/mol. The molecule has 1 aliphatic heterocycles. The van der Waals surface area contributed by atoms with Crippen LogP contribution in [0.5, 0.6) is 5.75 Å². The molecule has 8 nitrogen and oxygen atoms in total. The standard InChI is InChI=1S/C19H23N5O3/c1-3-27-17-7-5-4-6-15(17)21-18(26)16-8-9-20-19(22-16)24-12-10-23(11-13-24)14(2)25/h4-9H,3,10-13H2,1-2H3,(H,21,26). The fourth-order valence-electron chi connectivity index (χ4n) is 2.89. The van der Waals surface area contributed by atoms with Crippen LogP contribution in [0.4, 0.5) is 11.6 Å². The maximum Gasteiger partial charge on any atom is 0.274 e. The number of aromatic nitrogens is 2. The second-order valence-corrected chi connectivity index (χ2v) is 6.12. The smallest absolute Gasteiger partial charge is 0.274 e. The number of hydrogen-bond acceptors (Lipinski definition) is 6. The van der Waals surface area contributed by atoms with Gasteiger partial charge in [0.25, 0.3) is 5.91 Å². The number of hydrogen-bond donors (Lipinski definition) is 1. The molecule has 0 bridgehead atoms. The Labute approximate surface area is 158 Å². The van der Waals surface area contributed by atoms with E-state index in [-0.39, 0.29) is 17.5 Å². The molecule has 0 aliphatic carbocycles. The first-order valence-electron chi connectivity index (χ1n) is 8.95. The van der Waals surface area contributed by atoms with Crippen molar-refractivity contribution in [3.8, 4) is 5.75 Å². The Bertz CT molecular complexity index is 818. The third-order valence-electron chi connectivity index (χ3n) is 4.32. The number of nitrogens with zero attached hydrogens (tertiary/aromatic N) is 4. The molecular formula is C19H23N5O3. The summed E-state index contributed by atoms with van der Waals surface area (Å²) in [5.74, 6) is 0.844. The second kappa shape index (κ2) is 8.48. The van der Waals surface area contributed by atoms with E-state index in [9.17, 15) is 9.59 Å². The van der Waals surface area contributed by atoms with Crippen molar-refractivity contribution in [3.05, 3.63) is 42.2 Å². The van der Waals surface area contributed by atoms with Crippen molar-refractivity contribution in [3.63, 3.8) is 0 Å². The average molecular weight is 369 g/mol. The van der Waals surface area contributed by atoms with Crippen molar-refractivity contribution >= 4 is 23.5 Å². The van der Waals surface area contributed by atoms with E-state index < -0.39 is 0 Å². The van der Waals surface area contributed by atoms with E-state index in [1.54, 1.807) is 36.2 Å². The van der Waals surface area contributed by atoms with Crippen LogP contribution in [0, 0.1) is 0 Å². The monoisotopic (exact) mass is 369 g/mol. The molecule has 3 rings (SSSR count). The fourth-order valence-corrected chi connectivity index (χ4v) is 2.89. The molecule has 1 fully saturated rings. The molecule has 1 aliphatic rings. The van der Waals surface area contributed by atoms with Gasteiger partial charge >= 0.3 is 0 Å². The Balaban J connectivity index is 1.70. The maximum absolute atomic E-state index is 12.6. The lowest BCUT2D eigenvalue weighted by Gasteiger charge is -2.34. The van der Waals surface area contributed by atoms with Gasteiger partial charge in [0, 0.05) is 39.3 Å². The molecule has 1 aromatic heterocycles. The number of anilines is 2. The zero-order chi connectivity index (χ0) is 19.2. The van der Waals surface area contributed by atoms with Crippen molar-refractivity contribution in [2.24, 2.45) is 0 Å². The van der Waals surface area contributed by atoms with Crippen LogP contribution >= 0.6 is 0 Å². The lowest BCUT2D eigenvalue weighted by atomic mass is 10.2. The molecule has 1 aromatic carbocycles. The van der Waals surface area contributed by atoms with Gasteiger partial charge in [-0.3, -0.25) is 9.59 Å². The minimum absolute atomic E-state index is 0.0664. The van der Waals surface area contributed by atoms with Crippen molar-refractivity contribution < 1.29 is 14.3 Å². The highest BCUT2D eigenvalue weighted by Gasteiger charge is 2.21. The van der Waals surface area contributed by atoms with Gasteiger partial charge < -0.3 is 19.9 Å². The summed E-state index contributed by atoms with van der Waals surface area (Å²) in [5.41, 5.74) is 0.875. The molecule has 2 amide bonds. The maximum atomic E-state index is 12.6. The van der Waals surface area contributed by atoms with Gasteiger partial charge in [-0.15, -0.1) is 0 Å². The Hall–Kier alpha value is -3.16. The van der Waals surface area contributed by atoms with Crippen molar-refractivity contribution in [2.45, 2.75) is 13.8 Å². The first-order chi connectivity index (χ1) is 13.1. The number of benzene rings is 1. The minimum atomic E-state index is -0.326. The SMILES string of the molecule is CCOc1ccccc1NC(=O)c1ccnc(N2CCN(C(C)=O)CC2)n1. The van der Waals surface area contributed by atoms with Crippen LogP contribution in [0.3, 0.4) is 0 Å². The summed E-state index contributed by atoms with van der Waals surface area (Å²) in [4.78, 5) is 36.5. The lowest BCUT2D eigenvalue weighted by molar-refractivity contribution is -0.129. The van der Waals surface area contributed by atoms with Gasteiger partial charge in [-0.1, -0.05) is 12.1 Å². The third kappa shape index (κ3) is 4.52. The van der Waals surface area contributed by atoms with Crippen molar-refractivity contribution in [1.29, 1.82) is 0 Å². The molecule has 1 saturated heterocycles. The second-order valence-electron chi connectivity index (χ2n) is 6.12. The normalized spacial score (nSPS) is 14.0. The van der Waals surface area contributed by atoms with Gasteiger partial charge in [0.1, 0.15) is 11.4 Å². The summed E-state index contributed by atoms with van der Waals surface area (Å²) >= 11 is 0. The van der Waals surface area contributed by atoms with E-state index in [0.717, 1.165) is 0 Å². The third-order valence-corrected chi connectivity index (χ3v) is 4.32. The minimum Gasteiger partial charge on any atom is -0.492 e. The number of rotatable bonds is 5. The van der Waals surface area contributed by atoms with Crippen molar-refractivity contribution in [1.82, 2.24) is 14.9 Å². The number of amides is 2. The highest BCUT2D eigenvalue weighted by molar-refractivity contribution is 6.03. The van der Waals surface area contributed by atoms with Gasteiger partial charge in [-0.25, -0.2) is 9.97 Å². The number of carbonyl (C=O) groups excluding carboxylic acids is 2. The van der Waals surface area contributed by atoms with E-state index in [1.807, 2.05) is 24.0 Å². The van der Waals surface area contributed by atoms with E-state index in [2.05, 4.69) is 15.3 Å². The summed E-state index contributed by atoms with van der Waals surface area (Å²) in [6.45, 7) is 6.48. The Kier molecular flexibility index (Phi) is 5.85. The summed E-state index contributed by atoms with van der Waals surface area (Å²) < 4.78 is 5.53. The van der Waals surface area contributed by atoms with Gasteiger partial charge in [0.05, 0.1) is 12.3 Å². The Morgan fingerprint density at radius 3 is 2.59 bits per heavy atom. The molecule has 0 spiro atoms. The van der Waals surface area contributed by atoms with Crippen LogP contribution in [0.2, 0.25) is 0 Å². The van der Waals surface area contributed by atoms with Gasteiger partial charge in [-0.2, -0.15) is 0 Å². The zero-order valence-corrected chi connectivity index (χ0v) is 15.5. The molecule has 0 unspecified atom stereocenters. The van der Waals surface area contributed by atoms with Gasteiger partial charge in [-0.05, 0) is 25.1 Å². The van der Waals surface area contributed by atoms with E-state index in [4.69, 9.17) is 4.74 Å². The molecule has 0 saturated carbocycles. The molecule has 142 valence electrons. The van der Waals surface area contributed by atoms with Crippen LogP contribution in [0.1, 0.15) is 24.3 Å². The number of para-hydroxylation sites is 2. The lowest BCUT2D eigenvalue weighted by Crippen LogP contribution is -2.48. The largest absolute Gasteiger partial charge is 0.492 e. The number of carbonyl (C=O) groups is 2. The predicted octanol–water partition coefficient (Wildman–Crippen LogP) is 1.80. The molecule has 1 N–H and O–H groups in total. The van der Waals surface area contributed by atoms with Crippen LogP contribution in [-0.2, 0) is 4.79 Å². The molecule has 8 heteroatoms. The topological polar surface area (TPSA) is 87.7 Å². The number of piperazine rings is 1. The van der Waals surface area contributed by atoms with E-state index >= 15 is 0 Å². The molecule has 2 aromatic rings. The quantitative estimate of drug-likeness (QED) is 0.865. The first kappa shape index (κ1) is 18.6. The summed E-state index contributed by atoms with van der Waals surface area (Å²) in [7, 11) is 0. The van der Waals surface area contributed by atoms with Gasteiger partial charge in [0.2, 0.25) is 11.9 Å². The number of ether oxygens (including phenoxy) is 1. The molecule has 27 heavy (non-hydrogen) atoms. The van der Waals surface area contributed by atoms with Crippen LogP contribution in [0.15, 0.2) is 36.5 Å². The van der Waals surface area contributed by atoms with Crippen molar-refractivity contribution in [2.75, 3.05) is 43.0 Å². The van der Waals surface area contributed by atoms with Crippen LogP contribution < -0.4 is 15.0 Å². The molecule has 0 atom stereocenters. The summed E-state index contributed by atoms with van der Waals surface area (Å²) in [6, 6.07) is 8.85. The molecule has 2 heterocycles. The average Bonchev–Trinajstić information content (AvgIpc) is 2.70. The Morgan fingerprint density at radius 1 is 1.15 bits per heavy atom. The number of nitrogens with one attached hydrogen (secondary N) is 1. The highest BCUT2D eigenvalue weighted by atomic mass is 16.5. The molecule has 0 radical (unpaired) electrons. The fraction of sp³-hybridized carbons (Fsp3) is 0.368. The highest BCUT2D eigenvalue weighted by Crippen LogP contribution is 2.24. The summed E-state index contributed by atoms with van der Waals surface area (Å²) in [5, 5.41) is 2.84. The van der Waals surface area contributed by atoms with E-state index in [0.29, 0.717) is 50.2 Å². The van der Waals surface area contributed by atoms with Gasteiger partial charge in [0.15, 0.2) is 0 Å². The van der Waals surface area contributed by atoms with E-state index in [1.165, 1.54) is 0 Å². The van der Waals surface area contributed by atoms with Crippen LogP contribution in [-0.4, -0.2) is 59.5 Å². The first-order valence-corrected chi connectivity index (χ1v) is 8.95. The zero-order valence-electron chi connectivity index (χ0n) is 15.5. The predicted molar refractivity (Wildman–Crippen MR) is 102 cm³/mol. The summed E-state index contributed by atoms with van der Waals surface area (Å²) in [6.07, 6.45) is 1.57. The Morgan fingerprint density at radius 2 is 1.89 bits per heavy atom. The van der Waals surface area contributed by atoms with Crippen LogP contribution in [0.25, 0.3) is 0 Å².